The quantitative estimate of drug-likeness (QED) is 0.510. The standard InChI is InChI=1S/C11H9N2S/c1-8-6-14-11-9-4-2-3-5-10(9)12-7-13(8)11/h2-7H,1H3/q+1. The number of thiazole rings is 1. The average molecular weight is 201 g/mol. The lowest BCUT2D eigenvalue weighted by Gasteiger charge is -1.91. The fraction of sp³-hybridized carbons (Fsp3) is 0.0909. The second-order valence-corrected chi connectivity index (χ2v) is 4.17. The number of rotatable bonds is 0. The van der Waals surface area contributed by atoms with Crippen LogP contribution < -0.4 is 4.40 Å². The Morgan fingerprint density at radius 1 is 1.29 bits per heavy atom. The number of aromatic nitrogens is 2. The molecule has 68 valence electrons. The molecule has 0 amide bonds. The van der Waals surface area contributed by atoms with E-state index in [1.165, 1.54) is 15.9 Å². The molecule has 2 heterocycles. The Balaban J connectivity index is 2.61. The Bertz CT molecular complexity index is 613. The highest BCUT2D eigenvalue weighted by molar-refractivity contribution is 7.16. The molecular formula is C11H9N2S+. The van der Waals surface area contributed by atoms with Gasteiger partial charge in [0, 0.05) is 5.38 Å². The van der Waals surface area contributed by atoms with E-state index in [9.17, 15) is 0 Å². The predicted octanol–water partition coefficient (Wildman–Crippen LogP) is 2.34. The van der Waals surface area contributed by atoms with Gasteiger partial charge in [-0.1, -0.05) is 23.5 Å². The van der Waals surface area contributed by atoms with E-state index in [0.29, 0.717) is 0 Å². The van der Waals surface area contributed by atoms with Crippen LogP contribution in [0.15, 0.2) is 36.0 Å². The van der Waals surface area contributed by atoms with Gasteiger partial charge in [0.1, 0.15) is 5.69 Å². The SMILES string of the molecule is Cc1csc2c3ccccc3nc[n+]12. The van der Waals surface area contributed by atoms with Crippen LogP contribution in [0.1, 0.15) is 5.69 Å². The van der Waals surface area contributed by atoms with Crippen molar-refractivity contribution in [2.24, 2.45) is 0 Å². The Morgan fingerprint density at radius 2 is 2.14 bits per heavy atom. The van der Waals surface area contributed by atoms with Crippen molar-refractivity contribution in [2.45, 2.75) is 6.92 Å². The van der Waals surface area contributed by atoms with Gasteiger partial charge in [-0.15, -0.1) is 0 Å². The van der Waals surface area contributed by atoms with Gasteiger partial charge < -0.3 is 0 Å². The molecule has 0 saturated heterocycles. The molecule has 0 bridgehead atoms. The van der Waals surface area contributed by atoms with Crippen molar-refractivity contribution < 1.29 is 4.40 Å². The van der Waals surface area contributed by atoms with Gasteiger partial charge in [-0.2, -0.15) is 4.40 Å². The molecule has 0 fully saturated rings. The fourth-order valence-electron chi connectivity index (χ4n) is 1.64. The monoisotopic (exact) mass is 201 g/mol. The van der Waals surface area contributed by atoms with Crippen molar-refractivity contribution in [3.05, 3.63) is 41.7 Å². The van der Waals surface area contributed by atoms with Crippen molar-refractivity contribution in [1.29, 1.82) is 0 Å². The lowest BCUT2D eigenvalue weighted by Crippen LogP contribution is -2.22. The third kappa shape index (κ3) is 0.960. The molecule has 0 spiro atoms. The molecule has 2 nitrogen and oxygen atoms in total. The van der Waals surface area contributed by atoms with Crippen LogP contribution in [0.3, 0.4) is 0 Å². The summed E-state index contributed by atoms with van der Waals surface area (Å²) in [5, 5.41) is 3.39. The zero-order valence-electron chi connectivity index (χ0n) is 7.77. The highest BCUT2D eigenvalue weighted by atomic mass is 32.1. The van der Waals surface area contributed by atoms with Crippen molar-refractivity contribution in [3.63, 3.8) is 0 Å². The number of para-hydroxylation sites is 1. The van der Waals surface area contributed by atoms with Gasteiger partial charge >= 0.3 is 0 Å². The largest absolute Gasteiger partial charge is 0.292 e. The maximum atomic E-state index is 4.41. The Hall–Kier alpha value is -1.48. The van der Waals surface area contributed by atoms with Crippen LogP contribution in [0.4, 0.5) is 0 Å². The van der Waals surface area contributed by atoms with Crippen LogP contribution in [-0.2, 0) is 0 Å². The molecule has 0 aliphatic heterocycles. The number of hydrogen-bond donors (Lipinski definition) is 0. The van der Waals surface area contributed by atoms with Gasteiger partial charge in [-0.3, -0.25) is 0 Å². The lowest BCUT2D eigenvalue weighted by atomic mass is 10.2. The summed E-state index contributed by atoms with van der Waals surface area (Å²) in [7, 11) is 0. The zero-order chi connectivity index (χ0) is 9.54. The van der Waals surface area contributed by atoms with E-state index in [0.717, 1.165) is 5.52 Å². The molecule has 0 radical (unpaired) electrons. The van der Waals surface area contributed by atoms with Gasteiger partial charge in [-0.05, 0) is 24.0 Å². The molecule has 0 aliphatic rings. The normalized spacial score (nSPS) is 11.2. The summed E-state index contributed by atoms with van der Waals surface area (Å²) in [5.41, 5.74) is 2.30. The second-order valence-electron chi connectivity index (χ2n) is 3.31. The first-order valence-corrected chi connectivity index (χ1v) is 5.37. The minimum absolute atomic E-state index is 1.06. The summed E-state index contributed by atoms with van der Waals surface area (Å²) >= 11 is 1.77. The first kappa shape index (κ1) is 7.88. The van der Waals surface area contributed by atoms with Crippen molar-refractivity contribution >= 4 is 27.1 Å². The van der Waals surface area contributed by atoms with E-state index in [1.54, 1.807) is 11.3 Å². The van der Waals surface area contributed by atoms with E-state index in [2.05, 4.69) is 33.8 Å². The van der Waals surface area contributed by atoms with Crippen molar-refractivity contribution in [3.8, 4) is 0 Å². The average Bonchev–Trinajstić information content (AvgIpc) is 2.61. The highest BCUT2D eigenvalue weighted by Gasteiger charge is 2.10. The zero-order valence-corrected chi connectivity index (χ0v) is 8.58. The first-order chi connectivity index (χ1) is 6.86. The summed E-state index contributed by atoms with van der Waals surface area (Å²) in [5.74, 6) is 0. The van der Waals surface area contributed by atoms with Gasteiger partial charge in [0.15, 0.2) is 10.3 Å². The van der Waals surface area contributed by atoms with Crippen molar-refractivity contribution in [2.75, 3.05) is 0 Å². The molecule has 3 aromatic rings. The van der Waals surface area contributed by atoms with Crippen LogP contribution >= 0.6 is 11.3 Å². The van der Waals surface area contributed by atoms with E-state index >= 15 is 0 Å². The van der Waals surface area contributed by atoms with Gasteiger partial charge in [0.25, 0.3) is 6.33 Å². The lowest BCUT2D eigenvalue weighted by molar-refractivity contribution is -0.517. The summed E-state index contributed by atoms with van der Waals surface area (Å²) in [4.78, 5) is 5.68. The van der Waals surface area contributed by atoms with E-state index < -0.39 is 0 Å². The topological polar surface area (TPSA) is 17.0 Å². The Kier molecular flexibility index (Phi) is 1.55. The molecule has 14 heavy (non-hydrogen) atoms. The molecule has 0 atom stereocenters. The Labute approximate surface area is 85.5 Å². The smallest absolute Gasteiger partial charge is 0.189 e. The summed E-state index contributed by atoms with van der Waals surface area (Å²) < 4.78 is 2.13. The van der Waals surface area contributed by atoms with Crippen LogP contribution in [0, 0.1) is 6.92 Å². The number of hydrogen-bond acceptors (Lipinski definition) is 2. The molecule has 0 aliphatic carbocycles. The van der Waals surface area contributed by atoms with E-state index in [1.807, 2.05) is 18.5 Å². The highest BCUT2D eigenvalue weighted by Crippen LogP contribution is 2.18. The van der Waals surface area contributed by atoms with E-state index in [-0.39, 0.29) is 0 Å². The van der Waals surface area contributed by atoms with E-state index in [4.69, 9.17) is 0 Å². The van der Waals surface area contributed by atoms with Crippen molar-refractivity contribution in [1.82, 2.24) is 4.98 Å². The van der Waals surface area contributed by atoms with Gasteiger partial charge in [0.2, 0.25) is 0 Å². The van der Waals surface area contributed by atoms with Crippen LogP contribution in [0.2, 0.25) is 0 Å². The second kappa shape index (κ2) is 2.75. The third-order valence-corrected chi connectivity index (χ3v) is 3.49. The number of benzene rings is 1. The fourth-order valence-corrected chi connectivity index (χ4v) is 2.64. The minimum atomic E-state index is 1.06. The first-order valence-electron chi connectivity index (χ1n) is 4.49. The van der Waals surface area contributed by atoms with Crippen LogP contribution in [0.5, 0.6) is 0 Å². The van der Waals surface area contributed by atoms with Crippen LogP contribution in [-0.4, -0.2) is 4.98 Å². The van der Waals surface area contributed by atoms with Crippen LogP contribution in [0.25, 0.3) is 15.7 Å². The summed E-state index contributed by atoms with van der Waals surface area (Å²) in [6.07, 6.45) is 1.89. The molecule has 0 N–H and O–H groups in total. The molecular weight excluding hydrogens is 192 g/mol. The predicted molar refractivity (Wildman–Crippen MR) is 57.5 cm³/mol. The molecule has 1 aromatic carbocycles. The Morgan fingerprint density at radius 3 is 3.07 bits per heavy atom. The molecule has 2 aromatic heterocycles. The summed E-state index contributed by atoms with van der Waals surface area (Å²) in [6.45, 7) is 2.10. The van der Waals surface area contributed by atoms with Gasteiger partial charge in [0.05, 0.1) is 5.39 Å². The minimum Gasteiger partial charge on any atom is -0.189 e. The molecule has 3 heteroatoms. The molecule has 0 saturated carbocycles. The summed E-state index contributed by atoms with van der Waals surface area (Å²) in [6, 6.07) is 8.24. The third-order valence-electron chi connectivity index (χ3n) is 2.39. The number of aryl methyl sites for hydroxylation is 1. The maximum Gasteiger partial charge on any atom is 0.292 e. The molecule has 0 unspecified atom stereocenters. The number of nitrogens with zero attached hydrogens (tertiary/aromatic N) is 2. The molecule has 3 rings (SSSR count). The number of fused-ring (bicyclic) bond motifs is 3. The maximum absolute atomic E-state index is 4.41. The van der Waals surface area contributed by atoms with Gasteiger partial charge in [-0.25, -0.2) is 0 Å².